The van der Waals surface area contributed by atoms with Crippen molar-refractivity contribution in [2.45, 2.75) is 6.61 Å². The quantitative estimate of drug-likeness (QED) is 0.109. The Morgan fingerprint density at radius 3 is 2.60 bits per heavy atom. The Morgan fingerprint density at radius 2 is 1.77 bits per heavy atom. The molecule has 0 unspecified atom stereocenters. The van der Waals surface area contributed by atoms with E-state index < -0.39 is 5.91 Å². The normalized spacial score (nSPS) is 11.4. The predicted molar refractivity (Wildman–Crippen MR) is 159 cm³/mol. The average molecular weight is 751 g/mol. The van der Waals surface area contributed by atoms with E-state index >= 15 is 0 Å². The van der Waals surface area contributed by atoms with Crippen molar-refractivity contribution in [3.05, 3.63) is 107 Å². The molecule has 0 aliphatic carbocycles. The number of carbonyl (C=O) groups is 1. The van der Waals surface area contributed by atoms with Gasteiger partial charge in [-0.3, -0.25) is 4.79 Å². The number of benzene rings is 4. The fourth-order valence-electron chi connectivity index (χ4n) is 3.61. The van der Waals surface area contributed by atoms with Gasteiger partial charge >= 0.3 is 5.91 Å². The zero-order valence-corrected chi connectivity index (χ0v) is 24.0. The van der Waals surface area contributed by atoms with Gasteiger partial charge in [-0.05, 0) is 110 Å². The van der Waals surface area contributed by atoms with E-state index in [0.29, 0.717) is 12.2 Å². The molecule has 0 fully saturated rings. The first kappa shape index (κ1) is 24.3. The molecule has 5 aromatic rings. The predicted octanol–water partition coefficient (Wildman–Crippen LogP) is 7.90. The summed E-state index contributed by atoms with van der Waals surface area (Å²) >= 11 is 7.87. The third-order valence-electron chi connectivity index (χ3n) is 5.30. The second-order valence-electron chi connectivity index (χ2n) is 7.78. The maximum absolute atomic E-state index is 12.5. The van der Waals surface area contributed by atoms with Crippen LogP contribution in [0.25, 0.3) is 21.7 Å². The number of hydrazone groups is 1. The van der Waals surface area contributed by atoms with E-state index in [1.54, 1.807) is 12.3 Å². The van der Waals surface area contributed by atoms with Gasteiger partial charge in [0.2, 0.25) is 0 Å². The lowest BCUT2D eigenvalue weighted by Gasteiger charge is -2.10. The first-order valence-electron chi connectivity index (χ1n) is 10.6. The highest BCUT2D eigenvalue weighted by Crippen LogP contribution is 2.28. The minimum atomic E-state index is -0.408. The van der Waals surface area contributed by atoms with Crippen molar-refractivity contribution in [2.24, 2.45) is 5.10 Å². The first-order chi connectivity index (χ1) is 17.0. The van der Waals surface area contributed by atoms with Gasteiger partial charge in [0, 0.05) is 9.86 Å². The fourth-order valence-corrected chi connectivity index (χ4v) is 5.97. The number of fused-ring (bicyclic) bond motifs is 2. The summed E-state index contributed by atoms with van der Waals surface area (Å²) in [7, 11) is 0. The van der Waals surface area contributed by atoms with Crippen LogP contribution in [0.5, 0.6) is 5.75 Å². The van der Waals surface area contributed by atoms with Crippen LogP contribution in [0.1, 0.15) is 21.7 Å². The molecule has 0 aliphatic rings. The van der Waals surface area contributed by atoms with Crippen LogP contribution < -0.4 is 10.2 Å². The highest BCUT2D eigenvalue weighted by Gasteiger charge is 2.14. The van der Waals surface area contributed by atoms with Gasteiger partial charge in [0.25, 0.3) is 0 Å². The van der Waals surface area contributed by atoms with Crippen LogP contribution in [0.15, 0.2) is 92.9 Å². The number of amides is 1. The summed E-state index contributed by atoms with van der Waals surface area (Å²) in [6, 6.07) is 25.9. The molecule has 4 aromatic carbocycles. The minimum absolute atomic E-state index is 0.209. The molecule has 0 saturated carbocycles. The van der Waals surface area contributed by atoms with E-state index in [1.807, 2.05) is 42.5 Å². The van der Waals surface area contributed by atoms with Crippen molar-refractivity contribution in [1.82, 2.24) is 5.43 Å². The molecular weight excluding hydrogens is 734 g/mol. The molecule has 1 aromatic heterocycles. The highest BCUT2D eigenvalue weighted by molar-refractivity contribution is 14.1. The average Bonchev–Trinajstić information content (AvgIpc) is 3.28. The molecule has 0 aliphatic heterocycles. The van der Waals surface area contributed by atoms with Crippen LogP contribution in [-0.2, 0) is 6.61 Å². The highest BCUT2D eigenvalue weighted by atomic mass is 127. The smallest absolute Gasteiger partial charge is 0.307 e. The molecule has 0 spiro atoms. The number of hydrogen-bond donors (Lipinski definition) is 1. The Labute approximate surface area is 237 Å². The van der Waals surface area contributed by atoms with Crippen LogP contribution >= 0.6 is 61.1 Å². The monoisotopic (exact) mass is 750 g/mol. The maximum atomic E-state index is 12.5. The molecule has 0 atom stereocenters. The van der Waals surface area contributed by atoms with Crippen LogP contribution in [0, 0.1) is 7.14 Å². The van der Waals surface area contributed by atoms with E-state index in [0.717, 1.165) is 33.9 Å². The van der Waals surface area contributed by atoms with E-state index in [4.69, 9.17) is 9.15 Å². The second-order valence-corrected chi connectivity index (χ2v) is 11.0. The summed E-state index contributed by atoms with van der Waals surface area (Å²) in [5.41, 5.74) is 5.16. The SMILES string of the molecule is O=C(N/N=C\c1ccc(OCc2ccc3ccccc3c2)c(I)c1)c1cc2cc(Br)cc(I)c2o1. The number of ether oxygens (including phenoxy) is 1. The van der Waals surface area contributed by atoms with Gasteiger partial charge in [-0.15, -0.1) is 0 Å². The van der Waals surface area contributed by atoms with E-state index in [1.165, 1.54) is 10.8 Å². The van der Waals surface area contributed by atoms with Crippen LogP contribution in [0.3, 0.4) is 0 Å². The lowest BCUT2D eigenvalue weighted by atomic mass is 10.1. The van der Waals surface area contributed by atoms with Crippen molar-refractivity contribution in [2.75, 3.05) is 0 Å². The maximum Gasteiger partial charge on any atom is 0.307 e. The van der Waals surface area contributed by atoms with Gasteiger partial charge in [-0.2, -0.15) is 5.10 Å². The van der Waals surface area contributed by atoms with Gasteiger partial charge in [0.1, 0.15) is 17.9 Å². The third-order valence-corrected chi connectivity index (χ3v) is 7.41. The largest absolute Gasteiger partial charge is 0.488 e. The second kappa shape index (κ2) is 10.7. The zero-order chi connectivity index (χ0) is 24.4. The Kier molecular flexibility index (Phi) is 7.40. The molecule has 1 heterocycles. The van der Waals surface area contributed by atoms with E-state index in [9.17, 15) is 4.79 Å². The zero-order valence-electron chi connectivity index (χ0n) is 18.1. The molecule has 0 radical (unpaired) electrons. The number of nitrogens with zero attached hydrogens (tertiary/aromatic N) is 1. The molecule has 5 nitrogen and oxygen atoms in total. The summed E-state index contributed by atoms with van der Waals surface area (Å²) in [5, 5.41) is 7.34. The van der Waals surface area contributed by atoms with Crippen molar-refractivity contribution >= 4 is 95.0 Å². The summed E-state index contributed by atoms with van der Waals surface area (Å²) in [5.74, 6) is 0.595. The Bertz CT molecular complexity index is 1600. The molecule has 35 heavy (non-hydrogen) atoms. The number of hydrogen-bond acceptors (Lipinski definition) is 4. The lowest BCUT2D eigenvalue weighted by molar-refractivity contribution is 0.0929. The number of rotatable bonds is 6. The Morgan fingerprint density at radius 1 is 0.943 bits per heavy atom. The van der Waals surface area contributed by atoms with Gasteiger partial charge in [0.15, 0.2) is 5.76 Å². The Balaban J connectivity index is 1.21. The molecule has 0 bridgehead atoms. The summed E-state index contributed by atoms with van der Waals surface area (Å²) in [4.78, 5) is 12.5. The molecule has 0 saturated heterocycles. The molecule has 8 heteroatoms. The lowest BCUT2D eigenvalue weighted by Crippen LogP contribution is -2.16. The van der Waals surface area contributed by atoms with Crippen molar-refractivity contribution in [3.8, 4) is 5.75 Å². The number of carbonyl (C=O) groups excluding carboxylic acids is 1. The summed E-state index contributed by atoms with van der Waals surface area (Å²) < 4.78 is 14.6. The number of furan rings is 1. The number of nitrogens with one attached hydrogen (secondary N) is 1. The van der Waals surface area contributed by atoms with Crippen LogP contribution in [-0.4, -0.2) is 12.1 Å². The summed E-state index contributed by atoms with van der Waals surface area (Å²) in [6.07, 6.45) is 1.59. The van der Waals surface area contributed by atoms with Gasteiger partial charge in [-0.1, -0.05) is 52.3 Å². The Hall–Kier alpha value is -2.44. The molecule has 1 N–H and O–H groups in total. The minimum Gasteiger partial charge on any atom is -0.488 e. The number of halogens is 3. The molecule has 5 rings (SSSR count). The molecule has 1 amide bonds. The fraction of sp³-hybridized carbons (Fsp3) is 0.0370. The molecule has 174 valence electrons. The van der Waals surface area contributed by atoms with Crippen molar-refractivity contribution in [1.29, 1.82) is 0 Å². The van der Waals surface area contributed by atoms with Gasteiger partial charge in [0.05, 0.1) is 13.4 Å². The topological polar surface area (TPSA) is 63.8 Å². The van der Waals surface area contributed by atoms with Crippen LogP contribution in [0.4, 0.5) is 0 Å². The van der Waals surface area contributed by atoms with Crippen molar-refractivity contribution in [3.63, 3.8) is 0 Å². The van der Waals surface area contributed by atoms with Crippen LogP contribution in [0.2, 0.25) is 0 Å². The first-order valence-corrected chi connectivity index (χ1v) is 13.5. The van der Waals surface area contributed by atoms with Crippen molar-refractivity contribution < 1.29 is 13.9 Å². The third kappa shape index (κ3) is 5.70. The van der Waals surface area contributed by atoms with E-state index in [-0.39, 0.29) is 5.76 Å². The van der Waals surface area contributed by atoms with Gasteiger partial charge < -0.3 is 9.15 Å². The standard InChI is InChI=1S/C27H17BrI2N2O3/c28-21-11-20-12-25(35-26(20)23(30)13-21)27(33)32-31-14-16-6-8-24(22(29)10-16)34-15-17-5-7-18-3-1-2-4-19(18)9-17/h1-14H,15H2,(H,32,33)/b31-14-. The summed E-state index contributed by atoms with van der Waals surface area (Å²) in [6.45, 7) is 0.483. The van der Waals surface area contributed by atoms with Gasteiger partial charge in [-0.25, -0.2) is 5.43 Å². The molecular formula is C27H17BrI2N2O3. The van der Waals surface area contributed by atoms with E-state index in [2.05, 4.69) is 102 Å².